The predicted molar refractivity (Wildman–Crippen MR) is 94.9 cm³/mol. The van der Waals surface area contributed by atoms with E-state index in [0.29, 0.717) is 23.7 Å². The molecule has 0 aromatic heterocycles. The van der Waals surface area contributed by atoms with Crippen molar-refractivity contribution < 1.29 is 10.2 Å². The van der Waals surface area contributed by atoms with Crippen LogP contribution in [0.4, 0.5) is 0 Å². The molecule has 2 nitrogen and oxygen atoms in total. The minimum Gasteiger partial charge on any atom is -0.389 e. The van der Waals surface area contributed by atoms with Gasteiger partial charge in [0.2, 0.25) is 0 Å². The van der Waals surface area contributed by atoms with Gasteiger partial charge in [-0.3, -0.25) is 0 Å². The van der Waals surface area contributed by atoms with Crippen molar-refractivity contribution in [1.29, 1.82) is 0 Å². The standard InChI is InChI=1S/C21H36O2/c1-6-15-11-18-16(12(2)3)9-7-13(4)17-10-8-14(5)21(18,23)19(17)20(15)22/h11-14,16-20,22-23H,6-10H2,1-5H3/t13-,14-,16-,17+,18?,19?,20-,21?/m1/s1. The summed E-state index contributed by atoms with van der Waals surface area (Å²) in [6.07, 6.45) is 7.49. The first-order chi connectivity index (χ1) is 10.8. The van der Waals surface area contributed by atoms with E-state index in [1.165, 1.54) is 24.8 Å². The van der Waals surface area contributed by atoms with Crippen LogP contribution in [0.3, 0.4) is 0 Å². The molecule has 2 saturated carbocycles. The molecule has 23 heavy (non-hydrogen) atoms. The Labute approximate surface area is 142 Å². The first kappa shape index (κ1) is 17.5. The van der Waals surface area contributed by atoms with E-state index < -0.39 is 11.7 Å². The third kappa shape index (κ3) is 2.52. The van der Waals surface area contributed by atoms with Crippen molar-refractivity contribution in [3.63, 3.8) is 0 Å². The van der Waals surface area contributed by atoms with Gasteiger partial charge in [-0.15, -0.1) is 0 Å². The van der Waals surface area contributed by atoms with E-state index in [4.69, 9.17) is 0 Å². The molecule has 0 radical (unpaired) electrons. The summed E-state index contributed by atoms with van der Waals surface area (Å²) in [6, 6.07) is 0. The summed E-state index contributed by atoms with van der Waals surface area (Å²) < 4.78 is 0. The monoisotopic (exact) mass is 320 g/mol. The third-order valence-electron chi connectivity index (χ3n) is 7.78. The van der Waals surface area contributed by atoms with E-state index in [1.807, 2.05) is 0 Å². The highest BCUT2D eigenvalue weighted by atomic mass is 16.3. The molecule has 0 aliphatic heterocycles. The smallest absolute Gasteiger partial charge is 0.0808 e. The largest absolute Gasteiger partial charge is 0.389 e. The van der Waals surface area contributed by atoms with Crippen LogP contribution in [-0.4, -0.2) is 21.9 Å². The fraction of sp³-hybridized carbons (Fsp3) is 0.905. The minimum atomic E-state index is -0.718. The van der Waals surface area contributed by atoms with Crippen LogP contribution in [-0.2, 0) is 0 Å². The van der Waals surface area contributed by atoms with Gasteiger partial charge >= 0.3 is 0 Å². The Morgan fingerprint density at radius 1 is 1.17 bits per heavy atom. The van der Waals surface area contributed by atoms with Crippen LogP contribution in [0.15, 0.2) is 11.6 Å². The Balaban J connectivity index is 2.17. The normalized spacial score (nSPS) is 50.3. The molecule has 132 valence electrons. The summed E-state index contributed by atoms with van der Waals surface area (Å²) in [7, 11) is 0. The molecule has 0 amide bonds. The zero-order chi connectivity index (χ0) is 16.9. The molecular formula is C21H36O2. The van der Waals surface area contributed by atoms with E-state index in [0.717, 1.165) is 12.8 Å². The zero-order valence-electron chi connectivity index (χ0n) is 15.6. The Kier molecular flexibility index (Phi) is 4.70. The lowest BCUT2D eigenvalue weighted by Gasteiger charge is -2.60. The Bertz CT molecular complexity index is 468. The van der Waals surface area contributed by atoms with Crippen molar-refractivity contribution in [2.75, 3.05) is 0 Å². The summed E-state index contributed by atoms with van der Waals surface area (Å²) in [5, 5.41) is 23.1. The third-order valence-corrected chi connectivity index (χ3v) is 7.78. The molecular weight excluding hydrogens is 284 g/mol. The second kappa shape index (κ2) is 6.19. The highest BCUT2D eigenvalue weighted by Gasteiger charge is 2.60. The number of rotatable bonds is 2. The molecule has 3 rings (SSSR count). The SMILES string of the molecule is CCC1=CC2[C@@H](C(C)C)CC[C@@H](C)[C@@H]3CC[C@@H](C)C2(O)C3[C@@H]1O. The first-order valence-electron chi connectivity index (χ1n) is 9.93. The van der Waals surface area contributed by atoms with Crippen LogP contribution in [0.5, 0.6) is 0 Å². The molecule has 4 bridgehead atoms. The predicted octanol–water partition coefficient (Wildman–Crippen LogP) is 4.41. The van der Waals surface area contributed by atoms with Crippen LogP contribution < -0.4 is 0 Å². The van der Waals surface area contributed by atoms with Crippen LogP contribution in [0.2, 0.25) is 0 Å². The quantitative estimate of drug-likeness (QED) is 0.740. The average Bonchev–Trinajstić information content (AvgIpc) is 2.50. The second-order valence-electron chi connectivity index (χ2n) is 9.08. The van der Waals surface area contributed by atoms with E-state index in [1.54, 1.807) is 0 Å². The van der Waals surface area contributed by atoms with Gasteiger partial charge in [-0.2, -0.15) is 0 Å². The maximum absolute atomic E-state index is 12.0. The molecule has 0 aromatic carbocycles. The van der Waals surface area contributed by atoms with Crippen LogP contribution in [0.1, 0.15) is 66.7 Å². The molecule has 0 saturated heterocycles. The lowest BCUT2D eigenvalue weighted by atomic mass is 9.48. The Morgan fingerprint density at radius 2 is 1.87 bits per heavy atom. The number of aliphatic hydroxyl groups is 2. The molecule has 8 atom stereocenters. The van der Waals surface area contributed by atoms with Crippen LogP contribution >= 0.6 is 0 Å². The highest BCUT2D eigenvalue weighted by molar-refractivity contribution is 5.26. The van der Waals surface area contributed by atoms with Gasteiger partial charge in [0.1, 0.15) is 0 Å². The van der Waals surface area contributed by atoms with Crippen molar-refractivity contribution in [2.45, 2.75) is 78.4 Å². The van der Waals surface area contributed by atoms with Gasteiger partial charge in [0, 0.05) is 11.8 Å². The summed E-state index contributed by atoms with van der Waals surface area (Å²) in [6.45, 7) is 11.3. The van der Waals surface area contributed by atoms with Crippen molar-refractivity contribution >= 4 is 0 Å². The number of hydrogen-bond donors (Lipinski definition) is 2. The Morgan fingerprint density at radius 3 is 2.48 bits per heavy atom. The van der Waals surface area contributed by atoms with Crippen molar-refractivity contribution in [3.05, 3.63) is 11.6 Å². The van der Waals surface area contributed by atoms with Gasteiger partial charge in [-0.05, 0) is 60.8 Å². The van der Waals surface area contributed by atoms with Gasteiger partial charge < -0.3 is 10.2 Å². The van der Waals surface area contributed by atoms with Crippen molar-refractivity contribution in [3.8, 4) is 0 Å². The summed E-state index contributed by atoms with van der Waals surface area (Å²) in [5.41, 5.74) is 0.466. The van der Waals surface area contributed by atoms with E-state index in [-0.39, 0.29) is 17.8 Å². The summed E-state index contributed by atoms with van der Waals surface area (Å²) >= 11 is 0. The molecule has 2 heteroatoms. The average molecular weight is 321 g/mol. The van der Waals surface area contributed by atoms with Gasteiger partial charge in [0.15, 0.2) is 0 Å². The maximum Gasteiger partial charge on any atom is 0.0808 e. The minimum absolute atomic E-state index is 0.0350. The lowest BCUT2D eigenvalue weighted by Crippen LogP contribution is -2.64. The van der Waals surface area contributed by atoms with Crippen LogP contribution in [0.25, 0.3) is 0 Å². The van der Waals surface area contributed by atoms with Gasteiger partial charge in [-0.25, -0.2) is 0 Å². The highest BCUT2D eigenvalue weighted by Crippen LogP contribution is 2.58. The second-order valence-corrected chi connectivity index (χ2v) is 9.08. The maximum atomic E-state index is 12.0. The summed E-state index contributed by atoms with van der Waals surface area (Å²) in [5.74, 6) is 2.71. The van der Waals surface area contributed by atoms with Gasteiger partial charge in [-0.1, -0.05) is 47.1 Å². The van der Waals surface area contributed by atoms with E-state index in [2.05, 4.69) is 40.7 Å². The fourth-order valence-corrected chi connectivity index (χ4v) is 6.28. The van der Waals surface area contributed by atoms with Crippen molar-refractivity contribution in [2.24, 2.45) is 41.4 Å². The Hall–Kier alpha value is -0.340. The molecule has 2 fully saturated rings. The zero-order valence-corrected chi connectivity index (χ0v) is 15.6. The molecule has 0 spiro atoms. The van der Waals surface area contributed by atoms with Gasteiger partial charge in [0.25, 0.3) is 0 Å². The molecule has 3 aliphatic rings. The molecule has 0 heterocycles. The summed E-state index contributed by atoms with van der Waals surface area (Å²) in [4.78, 5) is 0. The van der Waals surface area contributed by atoms with Crippen molar-refractivity contribution in [1.82, 2.24) is 0 Å². The molecule has 3 aliphatic carbocycles. The number of aliphatic hydroxyl groups excluding tert-OH is 1. The molecule has 0 aromatic rings. The first-order valence-corrected chi connectivity index (χ1v) is 9.93. The van der Waals surface area contributed by atoms with Crippen LogP contribution in [0, 0.1) is 41.4 Å². The fourth-order valence-electron chi connectivity index (χ4n) is 6.28. The lowest BCUT2D eigenvalue weighted by molar-refractivity contribution is -0.202. The van der Waals surface area contributed by atoms with E-state index >= 15 is 0 Å². The number of hydrogen-bond acceptors (Lipinski definition) is 2. The molecule has 2 N–H and O–H groups in total. The topological polar surface area (TPSA) is 40.5 Å². The molecule has 3 unspecified atom stereocenters. The van der Waals surface area contributed by atoms with E-state index in [9.17, 15) is 10.2 Å². The van der Waals surface area contributed by atoms with Gasteiger partial charge in [0.05, 0.1) is 11.7 Å².